The van der Waals surface area contributed by atoms with Gasteiger partial charge >= 0.3 is 0 Å². The lowest BCUT2D eigenvalue weighted by Crippen LogP contribution is -2.28. The third-order valence-corrected chi connectivity index (χ3v) is 6.83. The molecule has 0 saturated carbocycles. The molecule has 0 spiro atoms. The average Bonchev–Trinajstić information content (AvgIpc) is 3.49. The van der Waals surface area contributed by atoms with Gasteiger partial charge in [-0.3, -0.25) is 19.5 Å². The molecular weight excluding hydrogens is 468 g/mol. The second-order valence-electron chi connectivity index (χ2n) is 8.41. The Kier molecular flexibility index (Phi) is 6.96. The van der Waals surface area contributed by atoms with Crippen LogP contribution in [0.2, 0.25) is 0 Å². The first kappa shape index (κ1) is 23.6. The monoisotopic (exact) mass is 492 g/mol. The van der Waals surface area contributed by atoms with E-state index in [0.29, 0.717) is 40.2 Å². The fraction of sp³-hybridized carbons (Fsp3) is 0.100. The van der Waals surface area contributed by atoms with Gasteiger partial charge in [0.25, 0.3) is 5.91 Å². The summed E-state index contributed by atoms with van der Waals surface area (Å²) in [6.07, 6.45) is 1.77. The molecule has 1 aliphatic rings. The predicted molar refractivity (Wildman–Crippen MR) is 144 cm³/mol. The molecule has 3 aromatic carbocycles. The molecule has 1 amide bonds. The Morgan fingerprint density at radius 1 is 0.889 bits per heavy atom. The number of ketones is 1. The van der Waals surface area contributed by atoms with Gasteiger partial charge in [0, 0.05) is 17.2 Å². The summed E-state index contributed by atoms with van der Waals surface area (Å²) in [5.41, 5.74) is 3.64. The number of rotatable bonds is 7. The van der Waals surface area contributed by atoms with Gasteiger partial charge in [-0.05, 0) is 41.9 Å². The van der Waals surface area contributed by atoms with E-state index in [1.165, 1.54) is 11.8 Å². The SMILES string of the molecule is CC(=O)c1ccc(-c2ccc(/C=C3\SC(=NCc4ccccc4)N(Cc4ccccc4)C3=O)o2)cc1. The van der Waals surface area contributed by atoms with Crippen molar-refractivity contribution in [2.45, 2.75) is 20.0 Å². The summed E-state index contributed by atoms with van der Waals surface area (Å²) in [4.78, 5) is 32.0. The van der Waals surface area contributed by atoms with Crippen molar-refractivity contribution < 1.29 is 14.0 Å². The largest absolute Gasteiger partial charge is 0.457 e. The molecule has 4 aromatic rings. The van der Waals surface area contributed by atoms with Gasteiger partial charge in [-0.15, -0.1) is 0 Å². The maximum Gasteiger partial charge on any atom is 0.267 e. The number of nitrogens with zero attached hydrogens (tertiary/aromatic N) is 2. The van der Waals surface area contributed by atoms with Crippen LogP contribution in [0.5, 0.6) is 0 Å². The lowest BCUT2D eigenvalue weighted by Gasteiger charge is -2.15. The number of hydrogen-bond acceptors (Lipinski definition) is 5. The number of benzene rings is 3. The van der Waals surface area contributed by atoms with Gasteiger partial charge in [0.05, 0.1) is 18.0 Å². The number of amides is 1. The van der Waals surface area contributed by atoms with Gasteiger partial charge in [-0.2, -0.15) is 0 Å². The predicted octanol–water partition coefficient (Wildman–Crippen LogP) is 6.82. The summed E-state index contributed by atoms with van der Waals surface area (Å²) in [5.74, 6) is 1.18. The Hall–Kier alpha value is -4.16. The summed E-state index contributed by atoms with van der Waals surface area (Å²) in [6, 6.07) is 30.9. The van der Waals surface area contributed by atoms with E-state index in [-0.39, 0.29) is 11.7 Å². The van der Waals surface area contributed by atoms with Crippen molar-refractivity contribution >= 4 is 34.7 Å². The number of hydrogen-bond donors (Lipinski definition) is 0. The highest BCUT2D eigenvalue weighted by Gasteiger charge is 2.33. The molecule has 0 unspecified atom stereocenters. The van der Waals surface area contributed by atoms with Crippen LogP contribution < -0.4 is 0 Å². The van der Waals surface area contributed by atoms with E-state index in [2.05, 4.69) is 0 Å². The molecule has 5 rings (SSSR count). The lowest BCUT2D eigenvalue weighted by molar-refractivity contribution is -0.122. The molecule has 0 radical (unpaired) electrons. The van der Waals surface area contributed by atoms with Crippen molar-refractivity contribution in [3.63, 3.8) is 0 Å². The van der Waals surface area contributed by atoms with Crippen molar-refractivity contribution in [1.82, 2.24) is 4.90 Å². The Morgan fingerprint density at radius 3 is 2.22 bits per heavy atom. The van der Waals surface area contributed by atoms with E-state index in [1.54, 1.807) is 30.0 Å². The average molecular weight is 493 g/mol. The number of amidine groups is 1. The lowest BCUT2D eigenvalue weighted by atomic mass is 10.1. The van der Waals surface area contributed by atoms with Crippen molar-refractivity contribution in [1.29, 1.82) is 0 Å². The highest BCUT2D eigenvalue weighted by Crippen LogP contribution is 2.35. The molecule has 1 aliphatic heterocycles. The van der Waals surface area contributed by atoms with Crippen molar-refractivity contribution in [3.8, 4) is 11.3 Å². The van der Waals surface area contributed by atoms with Gasteiger partial charge < -0.3 is 4.42 Å². The van der Waals surface area contributed by atoms with Crippen LogP contribution in [-0.2, 0) is 17.9 Å². The van der Waals surface area contributed by atoms with Crippen LogP contribution in [0.15, 0.2) is 111 Å². The van der Waals surface area contributed by atoms with E-state index in [4.69, 9.17) is 9.41 Å². The minimum absolute atomic E-state index is 0.0213. The third kappa shape index (κ3) is 5.39. The summed E-state index contributed by atoms with van der Waals surface area (Å²) in [5, 5.41) is 0.672. The molecule has 6 heteroatoms. The van der Waals surface area contributed by atoms with Crippen molar-refractivity contribution in [2.75, 3.05) is 0 Å². The Labute approximate surface area is 214 Å². The molecule has 0 aliphatic carbocycles. The first-order valence-electron chi connectivity index (χ1n) is 11.6. The topological polar surface area (TPSA) is 62.9 Å². The first-order valence-corrected chi connectivity index (χ1v) is 12.4. The number of thioether (sulfide) groups is 1. The fourth-order valence-corrected chi connectivity index (χ4v) is 4.81. The van der Waals surface area contributed by atoms with Crippen molar-refractivity contribution in [2.24, 2.45) is 4.99 Å². The number of carbonyl (C=O) groups excluding carboxylic acids is 2. The quantitative estimate of drug-likeness (QED) is 0.210. The highest BCUT2D eigenvalue weighted by atomic mass is 32.2. The first-order chi connectivity index (χ1) is 17.6. The molecule has 0 bridgehead atoms. The van der Waals surface area contributed by atoms with Crippen LogP contribution in [0.1, 0.15) is 34.2 Å². The molecule has 1 aromatic heterocycles. The van der Waals surface area contributed by atoms with Crippen LogP contribution in [0.25, 0.3) is 17.4 Å². The molecule has 1 fully saturated rings. The minimum atomic E-state index is -0.0978. The smallest absolute Gasteiger partial charge is 0.267 e. The second kappa shape index (κ2) is 10.6. The molecule has 2 heterocycles. The zero-order valence-electron chi connectivity index (χ0n) is 19.8. The van der Waals surface area contributed by atoms with Crippen LogP contribution in [0, 0.1) is 0 Å². The van der Waals surface area contributed by atoms with Crippen LogP contribution in [0.4, 0.5) is 0 Å². The van der Waals surface area contributed by atoms with Gasteiger partial charge in [0.2, 0.25) is 0 Å². The number of aliphatic imine (C=N–C) groups is 1. The van der Waals surface area contributed by atoms with E-state index in [9.17, 15) is 9.59 Å². The van der Waals surface area contributed by atoms with Gasteiger partial charge in [0.1, 0.15) is 11.5 Å². The third-order valence-electron chi connectivity index (χ3n) is 5.79. The van der Waals surface area contributed by atoms with Gasteiger partial charge in [0.15, 0.2) is 11.0 Å². The van der Waals surface area contributed by atoms with E-state index in [1.807, 2.05) is 84.9 Å². The van der Waals surface area contributed by atoms with Crippen LogP contribution in [0.3, 0.4) is 0 Å². The molecule has 36 heavy (non-hydrogen) atoms. The normalized spacial score (nSPS) is 15.7. The molecule has 178 valence electrons. The number of furan rings is 1. The van der Waals surface area contributed by atoms with Gasteiger partial charge in [-0.25, -0.2) is 0 Å². The molecule has 1 saturated heterocycles. The Morgan fingerprint density at radius 2 is 1.56 bits per heavy atom. The Bertz CT molecular complexity index is 1440. The summed E-state index contributed by atoms with van der Waals surface area (Å²) >= 11 is 1.36. The standard InChI is InChI=1S/C30H24N2O3S/c1-21(33)24-12-14-25(15-13-24)27-17-16-26(35-27)18-28-29(34)32(20-23-10-6-3-7-11-23)30(36-28)31-19-22-8-4-2-5-9-22/h2-18H,19-20H2,1H3/b28-18-,31-30?. The number of Topliss-reactive ketones (excluding diaryl/α,β-unsaturated/α-hetero) is 1. The minimum Gasteiger partial charge on any atom is -0.457 e. The maximum absolute atomic E-state index is 13.4. The summed E-state index contributed by atoms with van der Waals surface area (Å²) in [6.45, 7) is 2.49. The number of carbonyl (C=O) groups is 2. The zero-order chi connectivity index (χ0) is 24.9. The molecule has 0 atom stereocenters. The van der Waals surface area contributed by atoms with E-state index >= 15 is 0 Å². The zero-order valence-corrected chi connectivity index (χ0v) is 20.6. The fourth-order valence-electron chi connectivity index (χ4n) is 3.86. The van der Waals surface area contributed by atoms with E-state index in [0.717, 1.165) is 16.7 Å². The molecule has 5 nitrogen and oxygen atoms in total. The highest BCUT2D eigenvalue weighted by molar-refractivity contribution is 8.18. The maximum atomic E-state index is 13.4. The summed E-state index contributed by atoms with van der Waals surface area (Å²) in [7, 11) is 0. The van der Waals surface area contributed by atoms with Crippen LogP contribution in [-0.4, -0.2) is 21.8 Å². The van der Waals surface area contributed by atoms with Crippen molar-refractivity contribution in [3.05, 3.63) is 124 Å². The summed E-state index contributed by atoms with van der Waals surface area (Å²) < 4.78 is 6.01. The van der Waals surface area contributed by atoms with Gasteiger partial charge in [-0.1, -0.05) is 84.9 Å². The molecule has 0 N–H and O–H groups in total. The molecular formula is C30H24N2O3S. The second-order valence-corrected chi connectivity index (χ2v) is 9.42. The van der Waals surface area contributed by atoms with Crippen LogP contribution >= 0.6 is 11.8 Å². The van der Waals surface area contributed by atoms with E-state index < -0.39 is 0 Å². The Balaban J connectivity index is 1.40.